The summed E-state index contributed by atoms with van der Waals surface area (Å²) in [4.78, 5) is 25.9. The molecule has 5 rings (SSSR count). The lowest BCUT2D eigenvalue weighted by Gasteiger charge is -2.58. The topological polar surface area (TPSA) is 63.6 Å². The van der Waals surface area contributed by atoms with Crippen LogP contribution < -0.4 is 0 Å². The van der Waals surface area contributed by atoms with E-state index in [1.165, 1.54) is 0 Å². The molecule has 4 fully saturated rings. The number of carbonyl (C=O) groups is 2. The van der Waals surface area contributed by atoms with Crippen molar-refractivity contribution in [2.75, 3.05) is 0 Å². The lowest BCUT2D eigenvalue weighted by atomic mass is 9.48. The van der Waals surface area contributed by atoms with Crippen LogP contribution in [0.2, 0.25) is 0 Å². The summed E-state index contributed by atoms with van der Waals surface area (Å²) in [6, 6.07) is 5.75. The molecule has 0 heterocycles. The summed E-state index contributed by atoms with van der Waals surface area (Å²) in [7, 11) is 0. The maximum atomic E-state index is 13.1. The Kier molecular flexibility index (Phi) is 4.03. The molecular formula is C22H28O4. The van der Waals surface area contributed by atoms with Gasteiger partial charge in [0.15, 0.2) is 6.10 Å². The summed E-state index contributed by atoms with van der Waals surface area (Å²) < 4.78 is 5.69. The van der Waals surface area contributed by atoms with Crippen LogP contribution in [-0.2, 0) is 9.53 Å². The van der Waals surface area contributed by atoms with E-state index in [9.17, 15) is 14.7 Å². The average molecular weight is 356 g/mol. The molecule has 2 unspecified atom stereocenters. The molecule has 4 bridgehead atoms. The zero-order valence-corrected chi connectivity index (χ0v) is 15.9. The summed E-state index contributed by atoms with van der Waals surface area (Å²) in [6.07, 6.45) is 4.05. The monoisotopic (exact) mass is 356 g/mol. The molecule has 26 heavy (non-hydrogen) atoms. The maximum Gasteiger partial charge on any atom is 0.312 e. The molecule has 4 nitrogen and oxygen atoms in total. The smallest absolute Gasteiger partial charge is 0.312 e. The van der Waals surface area contributed by atoms with E-state index >= 15 is 0 Å². The van der Waals surface area contributed by atoms with Crippen molar-refractivity contribution < 1.29 is 19.4 Å². The van der Waals surface area contributed by atoms with Crippen LogP contribution >= 0.6 is 0 Å². The van der Waals surface area contributed by atoms with Crippen molar-refractivity contribution in [3.8, 4) is 0 Å². The van der Waals surface area contributed by atoms with Gasteiger partial charge in [-0.25, -0.2) is 0 Å². The SMILES string of the molecule is Cc1ccc(C)c(C(=O)[C@@H](C)OC(=O)C23C[C@@H]4C[C@@H](CC(O)(C4)C2)C3)c1. The summed E-state index contributed by atoms with van der Waals surface area (Å²) in [5.41, 5.74) is 1.24. The molecule has 0 radical (unpaired) electrons. The van der Waals surface area contributed by atoms with Gasteiger partial charge in [0, 0.05) is 5.56 Å². The van der Waals surface area contributed by atoms with Gasteiger partial charge in [-0.15, -0.1) is 0 Å². The van der Waals surface area contributed by atoms with Gasteiger partial charge >= 0.3 is 5.97 Å². The standard InChI is InChI=1S/C22H28O4/c1-13-4-5-14(2)18(6-13)19(23)15(3)26-20(24)21-8-16-7-17(9-21)11-22(25,10-16)12-21/h4-6,15-17,25H,7-12H2,1-3H3/t15-,16-,17+,21?,22?/m1/s1. The summed E-state index contributed by atoms with van der Waals surface area (Å²) >= 11 is 0. The molecule has 0 saturated heterocycles. The Balaban J connectivity index is 1.51. The van der Waals surface area contributed by atoms with Crippen LogP contribution in [0.15, 0.2) is 18.2 Å². The van der Waals surface area contributed by atoms with Crippen LogP contribution in [0.5, 0.6) is 0 Å². The highest BCUT2D eigenvalue weighted by Crippen LogP contribution is 2.62. The number of aliphatic hydroxyl groups is 1. The van der Waals surface area contributed by atoms with E-state index in [4.69, 9.17) is 4.74 Å². The van der Waals surface area contributed by atoms with Crippen molar-refractivity contribution >= 4 is 11.8 Å². The first-order valence-electron chi connectivity index (χ1n) is 9.75. The number of benzene rings is 1. The Morgan fingerprint density at radius 1 is 1.15 bits per heavy atom. The molecular weight excluding hydrogens is 328 g/mol. The van der Waals surface area contributed by atoms with Gasteiger partial charge in [-0.2, -0.15) is 0 Å². The molecule has 4 heteroatoms. The molecule has 0 aliphatic heterocycles. The van der Waals surface area contributed by atoms with Crippen LogP contribution in [0, 0.1) is 31.1 Å². The van der Waals surface area contributed by atoms with Crippen molar-refractivity contribution in [1.82, 2.24) is 0 Å². The number of hydrogen-bond acceptors (Lipinski definition) is 4. The number of Topliss-reactive ketones (excluding diaryl/α,β-unsaturated/α-hetero) is 1. The fourth-order valence-electron chi connectivity index (χ4n) is 6.01. The predicted molar refractivity (Wildman–Crippen MR) is 97.9 cm³/mol. The maximum absolute atomic E-state index is 13.1. The number of aryl methyl sites for hydroxylation is 2. The number of carbonyl (C=O) groups excluding carboxylic acids is 2. The normalized spacial score (nSPS) is 36.0. The van der Waals surface area contributed by atoms with Gasteiger partial charge in [0.1, 0.15) is 0 Å². The number of hydrogen-bond donors (Lipinski definition) is 1. The molecule has 4 aliphatic rings. The van der Waals surface area contributed by atoms with Gasteiger partial charge in [0.2, 0.25) is 5.78 Å². The van der Waals surface area contributed by atoms with Crippen molar-refractivity contribution in [2.24, 2.45) is 17.3 Å². The molecule has 0 aromatic heterocycles. The molecule has 1 aromatic carbocycles. The van der Waals surface area contributed by atoms with E-state index in [1.54, 1.807) is 6.92 Å². The van der Waals surface area contributed by atoms with Gasteiger partial charge in [-0.1, -0.05) is 17.7 Å². The molecule has 140 valence electrons. The fourth-order valence-corrected chi connectivity index (χ4v) is 6.01. The highest BCUT2D eigenvalue weighted by Gasteiger charge is 2.61. The first-order valence-corrected chi connectivity index (χ1v) is 9.75. The van der Waals surface area contributed by atoms with E-state index in [2.05, 4.69) is 0 Å². The first-order chi connectivity index (χ1) is 12.2. The Morgan fingerprint density at radius 3 is 2.42 bits per heavy atom. The summed E-state index contributed by atoms with van der Waals surface area (Å²) in [5.74, 6) is 0.400. The molecule has 1 aromatic rings. The van der Waals surface area contributed by atoms with E-state index < -0.39 is 17.1 Å². The third kappa shape index (κ3) is 2.88. The molecule has 0 spiro atoms. The number of ketones is 1. The van der Waals surface area contributed by atoms with Crippen LogP contribution in [0.3, 0.4) is 0 Å². The number of rotatable bonds is 4. The van der Waals surface area contributed by atoms with Crippen molar-refractivity contribution in [3.05, 3.63) is 34.9 Å². The van der Waals surface area contributed by atoms with Crippen LogP contribution in [0.1, 0.15) is 66.9 Å². The second-order valence-corrected chi connectivity index (χ2v) is 9.20. The minimum Gasteiger partial charge on any atom is -0.454 e. The molecule has 4 saturated carbocycles. The van der Waals surface area contributed by atoms with E-state index in [1.807, 2.05) is 32.0 Å². The molecule has 0 amide bonds. The van der Waals surface area contributed by atoms with Crippen molar-refractivity contribution in [2.45, 2.75) is 71.0 Å². The average Bonchev–Trinajstić information content (AvgIpc) is 2.54. The van der Waals surface area contributed by atoms with Gasteiger partial charge in [-0.05, 0) is 82.8 Å². The zero-order valence-electron chi connectivity index (χ0n) is 15.9. The van der Waals surface area contributed by atoms with Crippen LogP contribution in [0.25, 0.3) is 0 Å². The van der Waals surface area contributed by atoms with Gasteiger partial charge < -0.3 is 9.84 Å². The highest BCUT2D eigenvalue weighted by atomic mass is 16.5. The van der Waals surface area contributed by atoms with Crippen LogP contribution in [-0.4, -0.2) is 28.6 Å². The molecule has 4 aliphatic carbocycles. The largest absolute Gasteiger partial charge is 0.454 e. The third-order valence-electron chi connectivity index (χ3n) is 6.77. The lowest BCUT2D eigenvalue weighted by molar-refractivity contribution is -0.197. The molecule has 5 atom stereocenters. The Labute approximate surface area is 154 Å². The lowest BCUT2D eigenvalue weighted by Crippen LogP contribution is -2.58. The van der Waals surface area contributed by atoms with Gasteiger partial charge in [-0.3, -0.25) is 9.59 Å². The Hall–Kier alpha value is -1.68. The summed E-state index contributed by atoms with van der Waals surface area (Å²) in [6.45, 7) is 5.51. The van der Waals surface area contributed by atoms with Crippen molar-refractivity contribution in [3.63, 3.8) is 0 Å². The number of ether oxygens (including phenoxy) is 1. The fraction of sp³-hybridized carbons (Fsp3) is 0.636. The number of esters is 1. The Morgan fingerprint density at radius 2 is 1.81 bits per heavy atom. The van der Waals surface area contributed by atoms with Crippen LogP contribution in [0.4, 0.5) is 0 Å². The quantitative estimate of drug-likeness (QED) is 0.659. The predicted octanol–water partition coefficient (Wildman–Crippen LogP) is 3.75. The zero-order chi connectivity index (χ0) is 18.7. The highest BCUT2D eigenvalue weighted by molar-refractivity contribution is 6.01. The second-order valence-electron chi connectivity index (χ2n) is 9.20. The van der Waals surface area contributed by atoms with Gasteiger partial charge in [0.25, 0.3) is 0 Å². The van der Waals surface area contributed by atoms with E-state index in [0.717, 1.165) is 43.2 Å². The first kappa shape index (κ1) is 17.7. The Bertz CT molecular complexity index is 751. The summed E-state index contributed by atoms with van der Waals surface area (Å²) in [5, 5.41) is 10.8. The van der Waals surface area contributed by atoms with Gasteiger partial charge in [0.05, 0.1) is 11.0 Å². The minimum atomic E-state index is -0.800. The van der Waals surface area contributed by atoms with E-state index in [-0.39, 0.29) is 11.8 Å². The minimum absolute atomic E-state index is 0.150. The molecule has 1 N–H and O–H groups in total. The van der Waals surface area contributed by atoms with E-state index in [0.29, 0.717) is 23.8 Å². The third-order valence-corrected chi connectivity index (χ3v) is 6.77. The second kappa shape index (κ2) is 5.91. The van der Waals surface area contributed by atoms with Crippen molar-refractivity contribution in [1.29, 1.82) is 0 Å².